The van der Waals surface area contributed by atoms with Gasteiger partial charge in [0.2, 0.25) is 0 Å². The first-order valence-electron chi connectivity index (χ1n) is 7.24. The summed E-state index contributed by atoms with van der Waals surface area (Å²) in [6.45, 7) is 3.05. The van der Waals surface area contributed by atoms with E-state index in [4.69, 9.17) is 17.3 Å². The van der Waals surface area contributed by atoms with Crippen LogP contribution in [0.25, 0.3) is 11.1 Å². The predicted molar refractivity (Wildman–Crippen MR) is 88.0 cm³/mol. The highest BCUT2D eigenvalue weighted by molar-refractivity contribution is 6.33. The maximum atomic E-state index is 6.27. The van der Waals surface area contributed by atoms with Crippen LogP contribution in [0.5, 0.6) is 0 Å². The van der Waals surface area contributed by atoms with Gasteiger partial charge in [-0.25, -0.2) is 0 Å². The molecule has 0 aliphatic carbocycles. The van der Waals surface area contributed by atoms with Crippen LogP contribution in [-0.2, 0) is 6.42 Å². The first-order chi connectivity index (χ1) is 9.70. The molecule has 20 heavy (non-hydrogen) atoms. The van der Waals surface area contributed by atoms with Crippen molar-refractivity contribution < 1.29 is 0 Å². The molecule has 2 N–H and O–H groups in total. The summed E-state index contributed by atoms with van der Waals surface area (Å²) >= 11 is 6.27. The number of hydrogen-bond donors (Lipinski definition) is 1. The van der Waals surface area contributed by atoms with Crippen LogP contribution in [0.1, 0.15) is 25.3 Å². The molecule has 0 bridgehead atoms. The van der Waals surface area contributed by atoms with E-state index >= 15 is 0 Å². The number of halogens is 1. The fourth-order valence-electron chi connectivity index (χ4n) is 2.43. The molecule has 2 rings (SSSR count). The Morgan fingerprint density at radius 2 is 1.85 bits per heavy atom. The Balaban J connectivity index is 2.10. The molecule has 0 aliphatic heterocycles. The molecule has 0 fully saturated rings. The van der Waals surface area contributed by atoms with Gasteiger partial charge in [0.1, 0.15) is 0 Å². The minimum atomic E-state index is 0.684. The van der Waals surface area contributed by atoms with Crippen LogP contribution in [0.3, 0.4) is 0 Å². The summed E-state index contributed by atoms with van der Waals surface area (Å²) in [6.07, 6.45) is 3.38. The van der Waals surface area contributed by atoms with E-state index in [0.29, 0.717) is 5.92 Å². The summed E-state index contributed by atoms with van der Waals surface area (Å²) in [5, 5.41) is 0.807. The highest BCUT2D eigenvalue weighted by Crippen LogP contribution is 2.28. The molecule has 0 saturated carbocycles. The van der Waals surface area contributed by atoms with Crippen molar-refractivity contribution in [3.63, 3.8) is 0 Å². The number of hydrogen-bond acceptors (Lipinski definition) is 1. The Kier molecular flexibility index (Phi) is 5.63. The van der Waals surface area contributed by atoms with Gasteiger partial charge >= 0.3 is 0 Å². The van der Waals surface area contributed by atoms with Crippen LogP contribution < -0.4 is 5.73 Å². The minimum Gasteiger partial charge on any atom is -0.330 e. The van der Waals surface area contributed by atoms with Gasteiger partial charge in [0.25, 0.3) is 0 Å². The second kappa shape index (κ2) is 7.47. The highest BCUT2D eigenvalue weighted by Gasteiger charge is 2.05. The van der Waals surface area contributed by atoms with Crippen molar-refractivity contribution in [1.29, 1.82) is 0 Å². The van der Waals surface area contributed by atoms with Crippen LogP contribution in [0, 0.1) is 5.92 Å². The molecule has 0 aliphatic rings. The van der Waals surface area contributed by atoms with E-state index in [1.807, 2.05) is 18.2 Å². The fraction of sp³-hybridized carbons (Fsp3) is 0.333. The Morgan fingerprint density at radius 1 is 1.05 bits per heavy atom. The van der Waals surface area contributed by atoms with Gasteiger partial charge in [0.15, 0.2) is 0 Å². The molecule has 2 heteroatoms. The van der Waals surface area contributed by atoms with Crippen molar-refractivity contribution >= 4 is 11.6 Å². The van der Waals surface area contributed by atoms with E-state index in [2.05, 4.69) is 37.3 Å². The lowest BCUT2D eigenvalue weighted by atomic mass is 9.96. The zero-order valence-electron chi connectivity index (χ0n) is 12.0. The third-order valence-corrected chi connectivity index (χ3v) is 4.03. The van der Waals surface area contributed by atoms with E-state index < -0.39 is 0 Å². The van der Waals surface area contributed by atoms with Crippen LogP contribution in [0.2, 0.25) is 5.02 Å². The standard InChI is InChI=1S/C18H22ClN/c1-14(11-12-20)9-10-15-5-4-6-16(13-15)17-7-2-3-8-18(17)19/h2-8,13-14H,9-12,20H2,1H3. The molecular formula is C18H22ClN. The molecule has 1 atom stereocenters. The molecule has 0 aromatic heterocycles. The Bertz CT molecular complexity index is 551. The van der Waals surface area contributed by atoms with Crippen molar-refractivity contribution in [1.82, 2.24) is 0 Å². The van der Waals surface area contributed by atoms with Crippen molar-refractivity contribution in [2.45, 2.75) is 26.2 Å². The molecule has 0 amide bonds. The van der Waals surface area contributed by atoms with Gasteiger partial charge < -0.3 is 5.73 Å². The van der Waals surface area contributed by atoms with Gasteiger partial charge in [-0.15, -0.1) is 0 Å². The molecule has 2 aromatic carbocycles. The summed E-state index contributed by atoms with van der Waals surface area (Å²) in [6, 6.07) is 16.7. The van der Waals surface area contributed by atoms with Gasteiger partial charge in [0.05, 0.1) is 0 Å². The highest BCUT2D eigenvalue weighted by atomic mass is 35.5. The molecule has 0 heterocycles. The SMILES string of the molecule is CC(CCN)CCc1cccc(-c2ccccc2Cl)c1. The van der Waals surface area contributed by atoms with Gasteiger partial charge in [-0.2, -0.15) is 0 Å². The molecule has 0 spiro atoms. The third-order valence-electron chi connectivity index (χ3n) is 3.70. The zero-order valence-corrected chi connectivity index (χ0v) is 12.7. The van der Waals surface area contributed by atoms with Crippen LogP contribution >= 0.6 is 11.6 Å². The average Bonchev–Trinajstić information content (AvgIpc) is 2.46. The predicted octanol–water partition coefficient (Wildman–Crippen LogP) is 4.92. The van der Waals surface area contributed by atoms with E-state index in [0.717, 1.165) is 30.0 Å². The van der Waals surface area contributed by atoms with Crippen LogP contribution in [0.15, 0.2) is 48.5 Å². The Morgan fingerprint density at radius 3 is 2.60 bits per heavy atom. The topological polar surface area (TPSA) is 26.0 Å². The maximum Gasteiger partial charge on any atom is 0.0484 e. The van der Waals surface area contributed by atoms with Gasteiger partial charge in [0, 0.05) is 10.6 Å². The van der Waals surface area contributed by atoms with E-state index in [-0.39, 0.29) is 0 Å². The number of aryl methyl sites for hydroxylation is 1. The third kappa shape index (κ3) is 4.09. The van der Waals surface area contributed by atoms with E-state index in [1.54, 1.807) is 0 Å². The maximum absolute atomic E-state index is 6.27. The number of nitrogens with two attached hydrogens (primary N) is 1. The van der Waals surface area contributed by atoms with Gasteiger partial charge in [-0.1, -0.05) is 61.0 Å². The fourth-order valence-corrected chi connectivity index (χ4v) is 2.68. The number of rotatable bonds is 6. The lowest BCUT2D eigenvalue weighted by molar-refractivity contribution is 0.500. The van der Waals surface area contributed by atoms with E-state index in [9.17, 15) is 0 Å². The van der Waals surface area contributed by atoms with Gasteiger partial charge in [-0.3, -0.25) is 0 Å². The van der Waals surface area contributed by atoms with Crippen molar-refractivity contribution in [3.05, 3.63) is 59.1 Å². The quantitative estimate of drug-likeness (QED) is 0.801. The summed E-state index contributed by atoms with van der Waals surface area (Å²) in [7, 11) is 0. The summed E-state index contributed by atoms with van der Waals surface area (Å²) in [4.78, 5) is 0. The van der Waals surface area contributed by atoms with Crippen molar-refractivity contribution in [2.75, 3.05) is 6.54 Å². The lowest BCUT2D eigenvalue weighted by Crippen LogP contribution is -2.06. The molecule has 0 radical (unpaired) electrons. The molecule has 1 nitrogen and oxygen atoms in total. The normalized spacial score (nSPS) is 12.3. The van der Waals surface area contributed by atoms with E-state index in [1.165, 1.54) is 17.5 Å². The zero-order chi connectivity index (χ0) is 14.4. The Labute approximate surface area is 126 Å². The first kappa shape index (κ1) is 15.1. The second-order valence-electron chi connectivity index (χ2n) is 5.40. The first-order valence-corrected chi connectivity index (χ1v) is 7.62. The molecule has 0 saturated heterocycles. The molecule has 106 valence electrons. The molecule has 1 unspecified atom stereocenters. The molecular weight excluding hydrogens is 266 g/mol. The minimum absolute atomic E-state index is 0.684. The second-order valence-corrected chi connectivity index (χ2v) is 5.81. The lowest BCUT2D eigenvalue weighted by Gasteiger charge is -2.11. The largest absolute Gasteiger partial charge is 0.330 e. The smallest absolute Gasteiger partial charge is 0.0484 e. The molecule has 2 aromatic rings. The average molecular weight is 288 g/mol. The van der Waals surface area contributed by atoms with Crippen LogP contribution in [0.4, 0.5) is 0 Å². The Hall–Kier alpha value is -1.31. The summed E-state index contributed by atoms with van der Waals surface area (Å²) in [5.74, 6) is 0.684. The summed E-state index contributed by atoms with van der Waals surface area (Å²) < 4.78 is 0. The van der Waals surface area contributed by atoms with Crippen molar-refractivity contribution in [2.24, 2.45) is 11.7 Å². The van der Waals surface area contributed by atoms with Gasteiger partial charge in [-0.05, 0) is 48.9 Å². The summed E-state index contributed by atoms with van der Waals surface area (Å²) in [5.41, 5.74) is 9.26. The van der Waals surface area contributed by atoms with Crippen LogP contribution in [-0.4, -0.2) is 6.54 Å². The monoisotopic (exact) mass is 287 g/mol. The number of benzene rings is 2. The van der Waals surface area contributed by atoms with Crippen molar-refractivity contribution in [3.8, 4) is 11.1 Å².